The minimum absolute atomic E-state index is 0.243. The van der Waals surface area contributed by atoms with Crippen molar-refractivity contribution >= 4 is 28.9 Å². The third-order valence-corrected chi connectivity index (χ3v) is 3.42. The van der Waals surface area contributed by atoms with Crippen LogP contribution < -0.4 is 15.8 Å². The number of rotatable bonds is 6. The fraction of sp³-hybridized carbons (Fsp3) is 0.235. The first-order valence-corrected chi connectivity index (χ1v) is 7.57. The molecule has 0 bridgehead atoms. The summed E-state index contributed by atoms with van der Waals surface area (Å²) in [5.41, 5.74) is 7.23. The minimum Gasteiger partial charge on any atom is -0.494 e. The molecule has 2 rings (SSSR count). The second-order valence-corrected chi connectivity index (χ2v) is 5.33. The van der Waals surface area contributed by atoms with E-state index in [1.165, 1.54) is 0 Å². The number of hydrogen-bond donors (Lipinski definition) is 2. The van der Waals surface area contributed by atoms with Crippen molar-refractivity contribution in [3.8, 4) is 5.75 Å². The number of ether oxygens (including phenoxy) is 1. The molecular formula is C17H19ClN2O2. The van der Waals surface area contributed by atoms with Crippen molar-refractivity contribution in [2.45, 2.75) is 19.8 Å². The predicted molar refractivity (Wildman–Crippen MR) is 90.7 cm³/mol. The number of nitrogens with one attached hydrogen (secondary N) is 1. The van der Waals surface area contributed by atoms with Crippen LogP contribution in [-0.2, 0) is 0 Å². The van der Waals surface area contributed by atoms with Crippen LogP contribution in [0.25, 0.3) is 0 Å². The van der Waals surface area contributed by atoms with Crippen molar-refractivity contribution in [1.82, 2.24) is 0 Å². The van der Waals surface area contributed by atoms with E-state index >= 15 is 0 Å². The molecule has 4 nitrogen and oxygen atoms in total. The summed E-state index contributed by atoms with van der Waals surface area (Å²) < 4.78 is 5.60. The van der Waals surface area contributed by atoms with Gasteiger partial charge in [-0.05, 0) is 42.8 Å². The summed E-state index contributed by atoms with van der Waals surface area (Å²) in [6, 6.07) is 12.0. The topological polar surface area (TPSA) is 64.3 Å². The molecule has 2 aromatic rings. The zero-order valence-electron chi connectivity index (χ0n) is 12.4. The fourth-order valence-electron chi connectivity index (χ4n) is 1.89. The molecule has 0 aliphatic rings. The summed E-state index contributed by atoms with van der Waals surface area (Å²) in [5.74, 6) is 0.442. The SMILES string of the molecule is CCCCOc1cccc(C(=O)Nc2ccc(N)cc2Cl)c1. The molecular weight excluding hydrogens is 300 g/mol. The van der Waals surface area contributed by atoms with Crippen molar-refractivity contribution < 1.29 is 9.53 Å². The number of halogens is 1. The van der Waals surface area contributed by atoms with E-state index in [0.717, 1.165) is 12.8 Å². The first-order chi connectivity index (χ1) is 10.6. The van der Waals surface area contributed by atoms with Gasteiger partial charge in [-0.2, -0.15) is 0 Å². The summed E-state index contributed by atoms with van der Waals surface area (Å²) >= 11 is 6.06. The molecule has 0 fully saturated rings. The van der Waals surface area contributed by atoms with Crippen LogP contribution in [0.1, 0.15) is 30.1 Å². The Balaban J connectivity index is 2.07. The van der Waals surface area contributed by atoms with E-state index in [0.29, 0.717) is 34.3 Å². The van der Waals surface area contributed by atoms with Crippen LogP contribution in [-0.4, -0.2) is 12.5 Å². The van der Waals surface area contributed by atoms with Gasteiger partial charge in [0, 0.05) is 11.3 Å². The van der Waals surface area contributed by atoms with E-state index in [2.05, 4.69) is 12.2 Å². The summed E-state index contributed by atoms with van der Waals surface area (Å²) in [7, 11) is 0. The fourth-order valence-corrected chi connectivity index (χ4v) is 2.12. The molecule has 0 aliphatic carbocycles. The lowest BCUT2D eigenvalue weighted by Crippen LogP contribution is -2.12. The van der Waals surface area contributed by atoms with Gasteiger partial charge in [0.25, 0.3) is 5.91 Å². The molecule has 0 aliphatic heterocycles. The Bertz CT molecular complexity index is 659. The highest BCUT2D eigenvalue weighted by Gasteiger charge is 2.09. The highest BCUT2D eigenvalue weighted by Crippen LogP contribution is 2.25. The molecule has 0 unspecified atom stereocenters. The molecule has 0 spiro atoms. The van der Waals surface area contributed by atoms with Crippen LogP contribution in [0.4, 0.5) is 11.4 Å². The van der Waals surface area contributed by atoms with Gasteiger partial charge in [0.15, 0.2) is 0 Å². The molecule has 116 valence electrons. The third-order valence-electron chi connectivity index (χ3n) is 3.10. The Morgan fingerprint density at radius 1 is 1.27 bits per heavy atom. The van der Waals surface area contributed by atoms with Gasteiger partial charge in [-0.25, -0.2) is 0 Å². The van der Waals surface area contributed by atoms with Crippen molar-refractivity contribution in [2.75, 3.05) is 17.7 Å². The molecule has 22 heavy (non-hydrogen) atoms. The molecule has 0 heterocycles. The Hall–Kier alpha value is -2.20. The number of carbonyl (C=O) groups excluding carboxylic acids is 1. The quantitative estimate of drug-likeness (QED) is 0.614. The smallest absolute Gasteiger partial charge is 0.255 e. The molecule has 0 saturated heterocycles. The van der Waals surface area contributed by atoms with Crippen molar-refractivity contribution in [3.63, 3.8) is 0 Å². The summed E-state index contributed by atoms with van der Waals surface area (Å²) in [6.07, 6.45) is 2.05. The van der Waals surface area contributed by atoms with E-state index in [9.17, 15) is 4.79 Å². The van der Waals surface area contributed by atoms with E-state index in [4.69, 9.17) is 22.1 Å². The first kappa shape index (κ1) is 16.2. The number of amides is 1. The number of carbonyl (C=O) groups is 1. The molecule has 0 aromatic heterocycles. The Labute approximate surface area is 135 Å². The lowest BCUT2D eigenvalue weighted by Gasteiger charge is -2.10. The maximum absolute atomic E-state index is 12.3. The van der Waals surface area contributed by atoms with Gasteiger partial charge in [-0.3, -0.25) is 4.79 Å². The molecule has 0 saturated carbocycles. The zero-order chi connectivity index (χ0) is 15.9. The Kier molecular flexibility index (Phi) is 5.67. The van der Waals surface area contributed by atoms with Crippen LogP contribution in [0.5, 0.6) is 5.75 Å². The van der Waals surface area contributed by atoms with Crippen LogP contribution in [0.15, 0.2) is 42.5 Å². The van der Waals surface area contributed by atoms with E-state index in [1.54, 1.807) is 36.4 Å². The maximum atomic E-state index is 12.3. The zero-order valence-corrected chi connectivity index (χ0v) is 13.2. The lowest BCUT2D eigenvalue weighted by molar-refractivity contribution is 0.102. The number of benzene rings is 2. The second-order valence-electron chi connectivity index (χ2n) is 4.92. The van der Waals surface area contributed by atoms with Crippen molar-refractivity contribution in [2.24, 2.45) is 0 Å². The molecule has 0 radical (unpaired) electrons. The highest BCUT2D eigenvalue weighted by atomic mass is 35.5. The standard InChI is InChI=1S/C17H19ClN2O2/c1-2-3-9-22-14-6-4-5-12(10-14)17(21)20-16-8-7-13(19)11-15(16)18/h4-8,10-11H,2-3,9,19H2,1H3,(H,20,21). The average Bonchev–Trinajstić information content (AvgIpc) is 2.50. The number of nitrogen functional groups attached to an aromatic ring is 1. The highest BCUT2D eigenvalue weighted by molar-refractivity contribution is 6.34. The van der Waals surface area contributed by atoms with Crippen LogP contribution in [0, 0.1) is 0 Å². The van der Waals surface area contributed by atoms with Crippen LogP contribution in [0.2, 0.25) is 5.02 Å². The molecule has 5 heteroatoms. The maximum Gasteiger partial charge on any atom is 0.255 e. The van der Waals surface area contributed by atoms with E-state index < -0.39 is 0 Å². The molecule has 0 atom stereocenters. The second kappa shape index (κ2) is 7.71. The first-order valence-electron chi connectivity index (χ1n) is 7.19. The van der Waals surface area contributed by atoms with Crippen LogP contribution in [0.3, 0.4) is 0 Å². The third kappa shape index (κ3) is 4.40. The predicted octanol–water partition coefficient (Wildman–Crippen LogP) is 4.35. The van der Waals surface area contributed by atoms with Crippen molar-refractivity contribution in [3.05, 3.63) is 53.1 Å². The Morgan fingerprint density at radius 3 is 2.82 bits per heavy atom. The lowest BCUT2D eigenvalue weighted by atomic mass is 10.2. The number of nitrogens with two attached hydrogens (primary N) is 1. The Morgan fingerprint density at radius 2 is 2.09 bits per heavy atom. The monoisotopic (exact) mass is 318 g/mol. The summed E-state index contributed by atoms with van der Waals surface area (Å²) in [5, 5.41) is 3.17. The van der Waals surface area contributed by atoms with E-state index in [-0.39, 0.29) is 5.91 Å². The van der Waals surface area contributed by atoms with Gasteiger partial charge >= 0.3 is 0 Å². The largest absolute Gasteiger partial charge is 0.494 e. The van der Waals surface area contributed by atoms with E-state index in [1.807, 2.05) is 6.07 Å². The van der Waals surface area contributed by atoms with Gasteiger partial charge in [-0.15, -0.1) is 0 Å². The summed E-state index contributed by atoms with van der Waals surface area (Å²) in [6.45, 7) is 2.74. The molecule has 1 amide bonds. The van der Waals surface area contributed by atoms with Gasteiger partial charge in [0.1, 0.15) is 5.75 Å². The van der Waals surface area contributed by atoms with Gasteiger partial charge in [0.05, 0.1) is 17.3 Å². The molecule has 2 aromatic carbocycles. The van der Waals surface area contributed by atoms with Crippen LogP contribution >= 0.6 is 11.6 Å². The average molecular weight is 319 g/mol. The number of unbranched alkanes of at least 4 members (excludes halogenated alkanes) is 1. The van der Waals surface area contributed by atoms with Gasteiger partial charge < -0.3 is 15.8 Å². The van der Waals surface area contributed by atoms with Crippen molar-refractivity contribution in [1.29, 1.82) is 0 Å². The molecule has 3 N–H and O–H groups in total. The minimum atomic E-state index is -0.243. The number of anilines is 2. The van der Waals surface area contributed by atoms with Gasteiger partial charge in [0.2, 0.25) is 0 Å². The number of hydrogen-bond acceptors (Lipinski definition) is 3. The van der Waals surface area contributed by atoms with Gasteiger partial charge in [-0.1, -0.05) is 31.0 Å². The normalized spacial score (nSPS) is 10.3. The summed E-state index contributed by atoms with van der Waals surface area (Å²) in [4.78, 5) is 12.3.